The van der Waals surface area contributed by atoms with Crippen LogP contribution in [0.2, 0.25) is 0 Å². The second-order valence-corrected chi connectivity index (χ2v) is 11.3. The van der Waals surface area contributed by atoms with Crippen molar-refractivity contribution < 1.29 is 13.9 Å². The van der Waals surface area contributed by atoms with Crippen LogP contribution in [0.1, 0.15) is 55.0 Å². The van der Waals surface area contributed by atoms with Crippen LogP contribution in [0.5, 0.6) is 11.5 Å². The number of nitrogens with zero attached hydrogens (tertiary/aromatic N) is 3. The smallest absolute Gasteiger partial charge is 0.282 e. The van der Waals surface area contributed by atoms with Crippen molar-refractivity contribution in [3.63, 3.8) is 0 Å². The van der Waals surface area contributed by atoms with E-state index in [1.165, 1.54) is 17.2 Å². The van der Waals surface area contributed by atoms with Crippen LogP contribution < -0.4 is 15.0 Å². The van der Waals surface area contributed by atoms with Gasteiger partial charge >= 0.3 is 0 Å². The van der Waals surface area contributed by atoms with E-state index in [1.807, 2.05) is 18.2 Å². The summed E-state index contributed by atoms with van der Waals surface area (Å²) in [6.45, 7) is 0.0743. The Labute approximate surface area is 242 Å². The standard InChI is InChI=1S/C29H26BrFIN3O3/c1-37-26-14-18(13-24(32)27(26)38-17-20-9-5-6-10-23(20)31)16-33-35-28(19-7-3-2-4-8-19)34-25-12-11-21(30)15-22(25)29(35)36/h5-6,9-16,19H,2-4,7-8,17H2,1H3. The Morgan fingerprint density at radius 1 is 1.16 bits per heavy atom. The third-order valence-electron chi connectivity index (χ3n) is 6.71. The van der Waals surface area contributed by atoms with Gasteiger partial charge in [-0.05, 0) is 77.4 Å². The summed E-state index contributed by atoms with van der Waals surface area (Å²) in [5.41, 5.74) is 1.68. The molecule has 6 nitrogen and oxygen atoms in total. The van der Waals surface area contributed by atoms with Crippen LogP contribution >= 0.6 is 38.5 Å². The number of methoxy groups -OCH3 is 1. The Hall–Kier alpha value is -2.79. The second-order valence-electron chi connectivity index (χ2n) is 9.24. The summed E-state index contributed by atoms with van der Waals surface area (Å²) in [7, 11) is 1.55. The molecule has 0 N–H and O–H groups in total. The van der Waals surface area contributed by atoms with E-state index in [9.17, 15) is 9.18 Å². The van der Waals surface area contributed by atoms with Crippen LogP contribution in [0.4, 0.5) is 4.39 Å². The van der Waals surface area contributed by atoms with Crippen molar-refractivity contribution in [2.45, 2.75) is 44.6 Å². The zero-order valence-electron chi connectivity index (χ0n) is 20.8. The number of ether oxygens (including phenoxy) is 2. The molecule has 0 aliphatic heterocycles. The minimum absolute atomic E-state index is 0.0743. The van der Waals surface area contributed by atoms with E-state index in [0.29, 0.717) is 33.8 Å². The maximum atomic E-state index is 14.1. The van der Waals surface area contributed by atoms with Crippen molar-refractivity contribution in [3.8, 4) is 11.5 Å². The van der Waals surface area contributed by atoms with Crippen molar-refractivity contribution >= 4 is 55.6 Å². The fourth-order valence-electron chi connectivity index (χ4n) is 4.75. The van der Waals surface area contributed by atoms with Gasteiger partial charge in [-0.15, -0.1) is 0 Å². The zero-order chi connectivity index (χ0) is 26.6. The number of hydrogen-bond acceptors (Lipinski definition) is 5. The molecule has 4 aromatic rings. The maximum absolute atomic E-state index is 14.1. The van der Waals surface area contributed by atoms with Crippen molar-refractivity contribution in [2.24, 2.45) is 5.10 Å². The summed E-state index contributed by atoms with van der Waals surface area (Å²) < 4.78 is 28.6. The molecule has 0 radical (unpaired) electrons. The molecule has 196 valence electrons. The Balaban J connectivity index is 1.50. The van der Waals surface area contributed by atoms with Gasteiger partial charge in [0.25, 0.3) is 5.56 Å². The fraction of sp³-hybridized carbons (Fsp3) is 0.276. The van der Waals surface area contributed by atoms with E-state index in [1.54, 1.807) is 43.7 Å². The molecule has 1 heterocycles. The highest BCUT2D eigenvalue weighted by Gasteiger charge is 2.22. The highest BCUT2D eigenvalue weighted by molar-refractivity contribution is 14.1. The third-order valence-corrected chi connectivity index (χ3v) is 8.00. The lowest BCUT2D eigenvalue weighted by atomic mass is 9.88. The van der Waals surface area contributed by atoms with E-state index in [4.69, 9.17) is 14.5 Å². The molecule has 1 fully saturated rings. The first-order valence-electron chi connectivity index (χ1n) is 12.4. The summed E-state index contributed by atoms with van der Waals surface area (Å²) in [5.74, 6) is 1.58. The van der Waals surface area contributed by atoms with Crippen molar-refractivity contribution in [1.82, 2.24) is 9.66 Å². The van der Waals surface area contributed by atoms with E-state index in [0.717, 1.165) is 39.3 Å². The monoisotopic (exact) mass is 689 g/mol. The number of halogens is 3. The summed E-state index contributed by atoms with van der Waals surface area (Å²) in [5, 5.41) is 5.15. The zero-order valence-corrected chi connectivity index (χ0v) is 24.5. The van der Waals surface area contributed by atoms with Gasteiger partial charge in [0.2, 0.25) is 0 Å². The molecule has 0 bridgehead atoms. The van der Waals surface area contributed by atoms with Gasteiger partial charge < -0.3 is 9.47 Å². The minimum atomic E-state index is -0.319. The SMILES string of the molecule is COc1cc(C=Nn2c(C3CCCCC3)nc3ccc(Br)cc3c2=O)cc(I)c1OCc1ccccc1F. The highest BCUT2D eigenvalue weighted by atomic mass is 127. The Morgan fingerprint density at radius 2 is 1.95 bits per heavy atom. The summed E-state index contributed by atoms with van der Waals surface area (Å²) in [6, 6.07) is 15.7. The number of benzene rings is 3. The first-order chi connectivity index (χ1) is 18.4. The van der Waals surface area contributed by atoms with Crippen LogP contribution in [-0.2, 0) is 6.61 Å². The molecule has 0 atom stereocenters. The van der Waals surface area contributed by atoms with Gasteiger partial charge in [0, 0.05) is 16.0 Å². The third kappa shape index (κ3) is 5.78. The van der Waals surface area contributed by atoms with Gasteiger partial charge in [-0.25, -0.2) is 9.37 Å². The lowest BCUT2D eigenvalue weighted by Gasteiger charge is -2.22. The van der Waals surface area contributed by atoms with Gasteiger partial charge in [-0.1, -0.05) is 53.4 Å². The molecule has 1 saturated carbocycles. The normalized spacial score (nSPS) is 14.3. The summed E-state index contributed by atoms with van der Waals surface area (Å²) in [4.78, 5) is 18.5. The van der Waals surface area contributed by atoms with Gasteiger partial charge in [0.05, 0.1) is 27.8 Å². The molecule has 0 saturated heterocycles. The van der Waals surface area contributed by atoms with E-state index in [2.05, 4.69) is 43.6 Å². The van der Waals surface area contributed by atoms with Gasteiger partial charge in [0.15, 0.2) is 11.5 Å². The molecule has 0 amide bonds. The molecule has 1 aliphatic carbocycles. The Morgan fingerprint density at radius 3 is 2.71 bits per heavy atom. The molecule has 38 heavy (non-hydrogen) atoms. The van der Waals surface area contributed by atoms with Crippen LogP contribution in [0.15, 0.2) is 69.0 Å². The predicted molar refractivity (Wildman–Crippen MR) is 159 cm³/mol. The predicted octanol–water partition coefficient (Wildman–Crippen LogP) is 7.42. The first kappa shape index (κ1) is 26.8. The van der Waals surface area contributed by atoms with Crippen molar-refractivity contribution in [1.29, 1.82) is 0 Å². The number of fused-ring (bicyclic) bond motifs is 1. The molecule has 1 aliphatic rings. The van der Waals surface area contributed by atoms with Crippen LogP contribution in [0, 0.1) is 9.39 Å². The van der Waals surface area contributed by atoms with Crippen molar-refractivity contribution in [2.75, 3.05) is 7.11 Å². The first-order valence-corrected chi connectivity index (χ1v) is 14.3. The average Bonchev–Trinajstić information content (AvgIpc) is 2.93. The summed E-state index contributed by atoms with van der Waals surface area (Å²) >= 11 is 5.62. The molecule has 9 heteroatoms. The molecular weight excluding hydrogens is 664 g/mol. The van der Waals surface area contributed by atoms with Crippen LogP contribution in [0.3, 0.4) is 0 Å². The van der Waals surface area contributed by atoms with Crippen LogP contribution in [0.25, 0.3) is 10.9 Å². The lowest BCUT2D eigenvalue weighted by molar-refractivity contribution is 0.277. The summed E-state index contributed by atoms with van der Waals surface area (Å²) in [6.07, 6.45) is 7.06. The molecule has 5 rings (SSSR count). The number of rotatable bonds is 7. The average molecular weight is 690 g/mol. The van der Waals surface area contributed by atoms with Gasteiger partial charge in [-0.3, -0.25) is 4.79 Å². The number of aromatic nitrogens is 2. The van der Waals surface area contributed by atoms with E-state index < -0.39 is 0 Å². The van der Waals surface area contributed by atoms with Gasteiger partial charge in [-0.2, -0.15) is 9.78 Å². The molecule has 0 unspecified atom stereocenters. The van der Waals surface area contributed by atoms with E-state index in [-0.39, 0.29) is 23.9 Å². The minimum Gasteiger partial charge on any atom is -0.493 e. The lowest BCUT2D eigenvalue weighted by Crippen LogP contribution is -2.25. The molecule has 1 aromatic heterocycles. The quantitative estimate of drug-likeness (QED) is 0.150. The number of hydrogen-bond donors (Lipinski definition) is 0. The molecular formula is C29H26BrFIN3O3. The second kappa shape index (κ2) is 11.9. The van der Waals surface area contributed by atoms with Crippen LogP contribution in [-0.4, -0.2) is 23.0 Å². The largest absolute Gasteiger partial charge is 0.493 e. The fourth-order valence-corrected chi connectivity index (χ4v) is 5.89. The topological polar surface area (TPSA) is 65.7 Å². The Kier molecular flexibility index (Phi) is 8.42. The Bertz CT molecular complexity index is 1570. The van der Waals surface area contributed by atoms with Crippen molar-refractivity contribution in [3.05, 3.63) is 95.8 Å². The van der Waals surface area contributed by atoms with Gasteiger partial charge in [0.1, 0.15) is 18.2 Å². The highest BCUT2D eigenvalue weighted by Crippen LogP contribution is 2.35. The van der Waals surface area contributed by atoms with E-state index >= 15 is 0 Å². The molecule has 0 spiro atoms. The maximum Gasteiger partial charge on any atom is 0.282 e. The molecule has 3 aromatic carbocycles.